The van der Waals surface area contributed by atoms with Crippen molar-refractivity contribution in [3.05, 3.63) is 34.6 Å². The summed E-state index contributed by atoms with van der Waals surface area (Å²) in [7, 11) is 0. The van der Waals surface area contributed by atoms with Crippen LogP contribution in [0.15, 0.2) is 18.2 Å². The van der Waals surface area contributed by atoms with E-state index in [1.807, 2.05) is 6.07 Å². The van der Waals surface area contributed by atoms with Gasteiger partial charge >= 0.3 is 0 Å². The van der Waals surface area contributed by atoms with Gasteiger partial charge in [-0.2, -0.15) is 0 Å². The molecule has 0 bridgehead atoms. The van der Waals surface area contributed by atoms with Crippen LogP contribution in [0.25, 0.3) is 0 Å². The third kappa shape index (κ3) is 3.20. The highest BCUT2D eigenvalue weighted by Crippen LogP contribution is 2.25. The van der Waals surface area contributed by atoms with Crippen LogP contribution >= 0.6 is 11.6 Å². The molecule has 0 aromatic heterocycles. The van der Waals surface area contributed by atoms with E-state index in [-0.39, 0.29) is 16.9 Å². The van der Waals surface area contributed by atoms with E-state index in [9.17, 15) is 4.39 Å². The Morgan fingerprint density at radius 3 is 2.83 bits per heavy atom. The minimum atomic E-state index is -0.378. The Morgan fingerprint density at radius 1 is 1.44 bits per heavy atom. The maximum atomic E-state index is 13.4. The van der Waals surface area contributed by atoms with Gasteiger partial charge in [0.05, 0.1) is 5.02 Å². The summed E-state index contributed by atoms with van der Waals surface area (Å²) >= 11 is 5.96. The Bertz CT molecular complexity index is 397. The quantitative estimate of drug-likeness (QED) is 0.653. The largest absolute Gasteiger partial charge is 0.381 e. The lowest BCUT2D eigenvalue weighted by Crippen LogP contribution is -2.44. The molecular formula is C13H18ClFN2O. The molecule has 1 aliphatic rings. The van der Waals surface area contributed by atoms with E-state index in [0.29, 0.717) is 12.3 Å². The zero-order valence-corrected chi connectivity index (χ0v) is 10.9. The second-order valence-electron chi connectivity index (χ2n) is 4.64. The van der Waals surface area contributed by atoms with Crippen LogP contribution < -0.4 is 11.3 Å². The van der Waals surface area contributed by atoms with E-state index in [1.54, 1.807) is 6.07 Å². The number of hydrazine groups is 1. The van der Waals surface area contributed by atoms with Crippen molar-refractivity contribution in [2.45, 2.75) is 25.3 Å². The molecule has 0 amide bonds. The molecule has 1 unspecified atom stereocenters. The molecule has 3 nitrogen and oxygen atoms in total. The minimum absolute atomic E-state index is 0.105. The molecular weight excluding hydrogens is 255 g/mol. The third-order valence-electron chi connectivity index (χ3n) is 3.52. The summed E-state index contributed by atoms with van der Waals surface area (Å²) < 4.78 is 18.7. The number of hydrogen-bond donors (Lipinski definition) is 2. The van der Waals surface area contributed by atoms with Crippen molar-refractivity contribution in [1.29, 1.82) is 0 Å². The van der Waals surface area contributed by atoms with Gasteiger partial charge in [-0.05, 0) is 36.8 Å². The van der Waals surface area contributed by atoms with Crippen LogP contribution in [-0.2, 0) is 11.2 Å². The smallest absolute Gasteiger partial charge is 0.142 e. The number of benzene rings is 1. The molecule has 3 N–H and O–H groups in total. The summed E-state index contributed by atoms with van der Waals surface area (Å²) in [6, 6.07) is 4.99. The second kappa shape index (κ2) is 6.48. The first-order chi connectivity index (χ1) is 8.72. The third-order valence-corrected chi connectivity index (χ3v) is 3.94. The summed E-state index contributed by atoms with van der Waals surface area (Å²) in [4.78, 5) is 0. The van der Waals surface area contributed by atoms with Crippen molar-refractivity contribution in [2.75, 3.05) is 13.2 Å². The molecule has 2 rings (SSSR count). The van der Waals surface area contributed by atoms with Gasteiger partial charge in [-0.25, -0.2) is 4.39 Å². The van der Waals surface area contributed by atoms with Gasteiger partial charge in [0, 0.05) is 19.3 Å². The number of ether oxygens (including phenoxy) is 1. The molecule has 1 fully saturated rings. The Kier molecular flexibility index (Phi) is 4.95. The predicted octanol–water partition coefficient (Wildman–Crippen LogP) is 2.28. The summed E-state index contributed by atoms with van der Waals surface area (Å²) in [5.41, 5.74) is 3.63. The lowest BCUT2D eigenvalue weighted by Gasteiger charge is -2.30. The van der Waals surface area contributed by atoms with Crippen LogP contribution in [0.5, 0.6) is 0 Å². The van der Waals surface area contributed by atoms with Crippen LogP contribution in [0, 0.1) is 11.7 Å². The van der Waals surface area contributed by atoms with Crippen LogP contribution in [-0.4, -0.2) is 19.3 Å². The molecule has 0 radical (unpaired) electrons. The number of nitrogens with two attached hydrogens (primary N) is 1. The molecule has 100 valence electrons. The number of hydrogen-bond acceptors (Lipinski definition) is 3. The van der Waals surface area contributed by atoms with Crippen LogP contribution in [0.1, 0.15) is 18.4 Å². The predicted molar refractivity (Wildman–Crippen MR) is 69.8 cm³/mol. The van der Waals surface area contributed by atoms with Crippen LogP contribution in [0.3, 0.4) is 0 Å². The highest BCUT2D eigenvalue weighted by molar-refractivity contribution is 6.31. The highest BCUT2D eigenvalue weighted by atomic mass is 35.5. The lowest BCUT2D eigenvalue weighted by molar-refractivity contribution is 0.0538. The molecule has 1 atom stereocenters. The van der Waals surface area contributed by atoms with Gasteiger partial charge in [0.1, 0.15) is 5.82 Å². The van der Waals surface area contributed by atoms with Crippen LogP contribution in [0.4, 0.5) is 4.39 Å². The average Bonchev–Trinajstić information content (AvgIpc) is 2.41. The Labute approximate surface area is 111 Å². The fourth-order valence-corrected chi connectivity index (χ4v) is 2.63. The molecule has 0 aliphatic carbocycles. The zero-order chi connectivity index (χ0) is 13.0. The van der Waals surface area contributed by atoms with E-state index in [4.69, 9.17) is 22.2 Å². The highest BCUT2D eigenvalue weighted by Gasteiger charge is 2.24. The average molecular weight is 273 g/mol. The molecule has 1 aromatic carbocycles. The Balaban J connectivity index is 2.07. The SMILES string of the molecule is NNC(Cc1cccc(F)c1Cl)C1CCOCC1. The first-order valence-electron chi connectivity index (χ1n) is 6.19. The van der Waals surface area contributed by atoms with E-state index in [1.165, 1.54) is 6.07 Å². The standard InChI is InChI=1S/C13H18ClFN2O/c14-13-10(2-1-3-11(13)15)8-12(17-16)9-4-6-18-7-5-9/h1-3,9,12,17H,4-8,16H2. The summed E-state index contributed by atoms with van der Waals surface area (Å²) in [5.74, 6) is 5.68. The van der Waals surface area contributed by atoms with Gasteiger partial charge in [0.25, 0.3) is 0 Å². The first-order valence-corrected chi connectivity index (χ1v) is 6.57. The topological polar surface area (TPSA) is 47.3 Å². The molecule has 0 saturated carbocycles. The van der Waals surface area contributed by atoms with Gasteiger partial charge in [-0.3, -0.25) is 11.3 Å². The number of rotatable bonds is 4. The first kappa shape index (κ1) is 13.7. The van der Waals surface area contributed by atoms with E-state index < -0.39 is 0 Å². The molecule has 5 heteroatoms. The monoisotopic (exact) mass is 272 g/mol. The molecule has 1 aromatic rings. The van der Waals surface area contributed by atoms with Gasteiger partial charge in [-0.15, -0.1) is 0 Å². The molecule has 1 aliphatic heterocycles. The molecule has 0 spiro atoms. The maximum Gasteiger partial charge on any atom is 0.142 e. The summed E-state index contributed by atoms with van der Waals surface area (Å²) in [5, 5.41) is 0.199. The molecule has 1 heterocycles. The number of halogens is 2. The normalized spacial score (nSPS) is 18.8. The fraction of sp³-hybridized carbons (Fsp3) is 0.538. The molecule has 1 saturated heterocycles. The Hall–Kier alpha value is -0.680. The van der Waals surface area contributed by atoms with Crippen molar-refractivity contribution < 1.29 is 9.13 Å². The molecule has 18 heavy (non-hydrogen) atoms. The number of nitrogens with one attached hydrogen (secondary N) is 1. The van der Waals surface area contributed by atoms with E-state index in [2.05, 4.69) is 5.43 Å². The van der Waals surface area contributed by atoms with Gasteiger partial charge in [0.2, 0.25) is 0 Å². The second-order valence-corrected chi connectivity index (χ2v) is 5.02. The van der Waals surface area contributed by atoms with Crippen molar-refractivity contribution in [1.82, 2.24) is 5.43 Å². The maximum absolute atomic E-state index is 13.4. The van der Waals surface area contributed by atoms with Crippen molar-refractivity contribution in [2.24, 2.45) is 11.8 Å². The van der Waals surface area contributed by atoms with Crippen LogP contribution in [0.2, 0.25) is 5.02 Å². The Morgan fingerprint density at radius 2 is 2.17 bits per heavy atom. The van der Waals surface area contributed by atoms with Gasteiger partial charge in [0.15, 0.2) is 0 Å². The lowest BCUT2D eigenvalue weighted by atomic mass is 9.88. The van der Waals surface area contributed by atoms with Crippen molar-refractivity contribution >= 4 is 11.6 Å². The van der Waals surface area contributed by atoms with E-state index in [0.717, 1.165) is 31.6 Å². The van der Waals surface area contributed by atoms with Crippen molar-refractivity contribution in [3.8, 4) is 0 Å². The summed E-state index contributed by atoms with van der Waals surface area (Å²) in [6.45, 7) is 1.53. The van der Waals surface area contributed by atoms with Crippen molar-refractivity contribution in [3.63, 3.8) is 0 Å². The summed E-state index contributed by atoms with van der Waals surface area (Å²) in [6.07, 6.45) is 2.58. The zero-order valence-electron chi connectivity index (χ0n) is 10.2. The van der Waals surface area contributed by atoms with Gasteiger partial charge in [-0.1, -0.05) is 23.7 Å². The fourth-order valence-electron chi connectivity index (χ4n) is 2.42. The minimum Gasteiger partial charge on any atom is -0.381 e. The van der Waals surface area contributed by atoms with E-state index >= 15 is 0 Å². The van der Waals surface area contributed by atoms with Gasteiger partial charge < -0.3 is 4.74 Å².